The van der Waals surface area contributed by atoms with Crippen LogP contribution in [-0.4, -0.2) is 24.6 Å². The number of Topliss-reactive ketones (excluding diaryl/α,β-unsaturated/α-hetero) is 2. The molecule has 5 nitrogen and oxygen atoms in total. The number of methoxy groups -OCH3 is 1. The minimum atomic E-state index is -0.572. The Hall–Kier alpha value is -3.21. The highest BCUT2D eigenvalue weighted by atomic mass is 16.5. The van der Waals surface area contributed by atoms with Crippen LogP contribution in [0.2, 0.25) is 0 Å². The van der Waals surface area contributed by atoms with Crippen molar-refractivity contribution in [1.82, 2.24) is 0 Å². The van der Waals surface area contributed by atoms with Gasteiger partial charge in [-0.15, -0.1) is 0 Å². The highest BCUT2D eigenvalue weighted by molar-refractivity contribution is 6.27. The smallest absolute Gasteiger partial charge is 0.312 e. The average molecular weight is 334 g/mol. The van der Waals surface area contributed by atoms with E-state index in [1.54, 1.807) is 42.5 Å². The van der Waals surface area contributed by atoms with Gasteiger partial charge in [0, 0.05) is 22.6 Å². The third-order valence-electron chi connectivity index (χ3n) is 4.56. The van der Waals surface area contributed by atoms with Crippen molar-refractivity contribution in [2.45, 2.75) is 12.3 Å². The summed E-state index contributed by atoms with van der Waals surface area (Å²) in [7, 11) is 1.53. The van der Waals surface area contributed by atoms with E-state index in [2.05, 4.69) is 0 Å². The van der Waals surface area contributed by atoms with Gasteiger partial charge in [-0.1, -0.05) is 42.5 Å². The molecule has 0 aromatic heterocycles. The average Bonchev–Trinajstić information content (AvgIpc) is 2.65. The summed E-state index contributed by atoms with van der Waals surface area (Å²) < 4.78 is 10.6. The lowest BCUT2D eigenvalue weighted by atomic mass is 9.76. The van der Waals surface area contributed by atoms with Gasteiger partial charge in [0.05, 0.1) is 19.1 Å². The largest absolute Gasteiger partial charge is 0.496 e. The highest BCUT2D eigenvalue weighted by Gasteiger charge is 2.43. The van der Waals surface area contributed by atoms with E-state index >= 15 is 0 Å². The van der Waals surface area contributed by atoms with Crippen LogP contribution >= 0.6 is 0 Å². The van der Waals surface area contributed by atoms with E-state index in [0.29, 0.717) is 16.9 Å². The van der Waals surface area contributed by atoms with Gasteiger partial charge in [-0.25, -0.2) is 0 Å². The summed E-state index contributed by atoms with van der Waals surface area (Å²) in [4.78, 5) is 37.9. The summed E-state index contributed by atoms with van der Waals surface area (Å²) >= 11 is 0. The second kappa shape index (κ2) is 5.70. The molecule has 0 fully saturated rings. The zero-order valence-electron chi connectivity index (χ0n) is 13.4. The number of ketones is 2. The monoisotopic (exact) mass is 334 g/mol. The Morgan fingerprint density at radius 2 is 1.56 bits per heavy atom. The Morgan fingerprint density at radius 3 is 2.28 bits per heavy atom. The van der Waals surface area contributed by atoms with E-state index in [-0.39, 0.29) is 29.1 Å². The molecule has 5 heteroatoms. The zero-order valence-corrected chi connectivity index (χ0v) is 13.4. The molecule has 0 bridgehead atoms. The Bertz CT molecular complexity index is 954. The molecule has 25 heavy (non-hydrogen) atoms. The number of rotatable bonds is 2. The minimum Gasteiger partial charge on any atom is -0.496 e. The van der Waals surface area contributed by atoms with Crippen LogP contribution in [0.25, 0.3) is 0 Å². The lowest BCUT2D eigenvalue weighted by Gasteiger charge is -2.30. The third kappa shape index (κ3) is 2.28. The van der Waals surface area contributed by atoms with Crippen molar-refractivity contribution in [3.63, 3.8) is 0 Å². The molecule has 2 aliphatic rings. The van der Waals surface area contributed by atoms with Crippen molar-refractivity contribution in [1.29, 1.82) is 0 Å². The van der Waals surface area contributed by atoms with Crippen molar-refractivity contribution in [2.24, 2.45) is 0 Å². The Labute approximate surface area is 143 Å². The van der Waals surface area contributed by atoms with E-state index in [4.69, 9.17) is 9.47 Å². The number of benzene rings is 2. The lowest BCUT2D eigenvalue weighted by Crippen LogP contribution is -2.33. The first kappa shape index (κ1) is 15.3. The van der Waals surface area contributed by atoms with Gasteiger partial charge in [0.25, 0.3) is 0 Å². The minimum absolute atomic E-state index is 0.0135. The topological polar surface area (TPSA) is 69.7 Å². The standard InChI is InChI=1S/C20H14O5/c1-24-15-9-5-4-6-11(15)14-10-16(21)25-20-17(14)18(22)12-7-2-3-8-13(12)19(20)23/h2-9,14H,10H2,1H3/t14-/m1/s1. The molecule has 0 spiro atoms. The van der Waals surface area contributed by atoms with Crippen molar-refractivity contribution in [2.75, 3.05) is 7.11 Å². The molecule has 4 rings (SSSR count). The van der Waals surface area contributed by atoms with Gasteiger partial charge in [-0.2, -0.15) is 0 Å². The first-order chi connectivity index (χ1) is 12.1. The lowest BCUT2D eigenvalue weighted by molar-refractivity contribution is -0.140. The molecule has 1 aliphatic carbocycles. The molecule has 124 valence electrons. The van der Waals surface area contributed by atoms with E-state index in [1.807, 2.05) is 6.07 Å². The Morgan fingerprint density at radius 1 is 0.920 bits per heavy atom. The molecule has 1 heterocycles. The van der Waals surface area contributed by atoms with E-state index in [1.165, 1.54) is 7.11 Å². The Kier molecular flexibility index (Phi) is 3.50. The number of hydrogen-bond acceptors (Lipinski definition) is 5. The molecule has 1 atom stereocenters. The molecule has 0 saturated carbocycles. The third-order valence-corrected chi connectivity index (χ3v) is 4.56. The van der Waals surface area contributed by atoms with Crippen LogP contribution in [0.5, 0.6) is 5.75 Å². The van der Waals surface area contributed by atoms with E-state index in [0.717, 1.165) is 0 Å². The molecular weight excluding hydrogens is 320 g/mol. The highest BCUT2D eigenvalue weighted by Crippen LogP contribution is 2.43. The number of allylic oxidation sites excluding steroid dienone is 2. The van der Waals surface area contributed by atoms with Crippen LogP contribution in [0, 0.1) is 0 Å². The summed E-state index contributed by atoms with van der Waals surface area (Å²) in [5, 5.41) is 0. The summed E-state index contributed by atoms with van der Waals surface area (Å²) in [6.07, 6.45) is -0.0135. The second-order valence-electron chi connectivity index (χ2n) is 5.92. The summed E-state index contributed by atoms with van der Waals surface area (Å²) in [6, 6.07) is 13.8. The molecule has 0 N–H and O–H groups in total. The van der Waals surface area contributed by atoms with Crippen LogP contribution in [0.4, 0.5) is 0 Å². The van der Waals surface area contributed by atoms with E-state index in [9.17, 15) is 14.4 Å². The molecule has 1 aliphatic heterocycles. The summed E-state index contributed by atoms with van der Waals surface area (Å²) in [5.74, 6) is -1.41. The maximum absolute atomic E-state index is 13.0. The van der Waals surface area contributed by atoms with Crippen LogP contribution in [0.3, 0.4) is 0 Å². The maximum Gasteiger partial charge on any atom is 0.312 e. The van der Waals surface area contributed by atoms with Crippen molar-refractivity contribution in [3.8, 4) is 5.75 Å². The number of para-hydroxylation sites is 1. The number of fused-ring (bicyclic) bond motifs is 1. The molecule has 2 aromatic rings. The van der Waals surface area contributed by atoms with Crippen molar-refractivity contribution >= 4 is 17.5 Å². The first-order valence-electron chi connectivity index (χ1n) is 7.88. The fraction of sp³-hybridized carbons (Fsp3) is 0.150. The fourth-order valence-corrected chi connectivity index (χ4v) is 3.43. The molecule has 0 unspecified atom stereocenters. The summed E-state index contributed by atoms with van der Waals surface area (Å²) in [5.41, 5.74) is 1.52. The van der Waals surface area contributed by atoms with Gasteiger partial charge in [-0.05, 0) is 6.07 Å². The van der Waals surface area contributed by atoms with Crippen LogP contribution in [0.1, 0.15) is 38.6 Å². The predicted molar refractivity (Wildman–Crippen MR) is 88.6 cm³/mol. The number of carbonyl (C=O) groups excluding carboxylic acids is 3. The number of carbonyl (C=O) groups is 3. The van der Waals surface area contributed by atoms with Gasteiger partial charge in [0.2, 0.25) is 5.78 Å². The Balaban J connectivity index is 1.93. The van der Waals surface area contributed by atoms with E-state index < -0.39 is 17.7 Å². The normalized spacial score (nSPS) is 19.2. The van der Waals surface area contributed by atoms with Crippen LogP contribution < -0.4 is 4.74 Å². The van der Waals surface area contributed by atoms with Crippen LogP contribution in [-0.2, 0) is 9.53 Å². The number of esters is 1. The molecule has 0 amide bonds. The van der Waals surface area contributed by atoms with Gasteiger partial charge in [-0.3, -0.25) is 14.4 Å². The maximum atomic E-state index is 13.0. The second-order valence-corrected chi connectivity index (χ2v) is 5.92. The SMILES string of the molecule is COc1ccccc1[C@H]1CC(=O)OC2=C1C(=O)c1ccccc1C2=O. The van der Waals surface area contributed by atoms with Gasteiger partial charge in [0.1, 0.15) is 5.75 Å². The van der Waals surface area contributed by atoms with Gasteiger partial charge in [0.15, 0.2) is 11.5 Å². The van der Waals surface area contributed by atoms with Gasteiger partial charge >= 0.3 is 5.97 Å². The predicted octanol–water partition coefficient (Wildman–Crippen LogP) is 3.06. The zero-order chi connectivity index (χ0) is 17.6. The number of hydrogen-bond donors (Lipinski definition) is 0. The molecular formula is C20H14O5. The first-order valence-corrected chi connectivity index (χ1v) is 7.88. The molecule has 2 aromatic carbocycles. The molecule has 0 saturated heterocycles. The molecule has 0 radical (unpaired) electrons. The van der Waals surface area contributed by atoms with Crippen LogP contribution in [0.15, 0.2) is 59.9 Å². The number of ether oxygens (including phenoxy) is 2. The van der Waals surface area contributed by atoms with Gasteiger partial charge < -0.3 is 9.47 Å². The van der Waals surface area contributed by atoms with Crippen molar-refractivity contribution < 1.29 is 23.9 Å². The fourth-order valence-electron chi connectivity index (χ4n) is 3.43. The summed E-state index contributed by atoms with van der Waals surface area (Å²) in [6.45, 7) is 0. The quantitative estimate of drug-likeness (QED) is 0.790. The van der Waals surface area contributed by atoms with Crippen molar-refractivity contribution in [3.05, 3.63) is 76.6 Å².